The lowest BCUT2D eigenvalue weighted by atomic mass is 10.0. The molecule has 0 fully saturated rings. The Kier molecular flexibility index (Phi) is 5.93. The molecule has 2 heterocycles. The van der Waals surface area contributed by atoms with Crippen molar-refractivity contribution in [1.29, 1.82) is 0 Å². The predicted molar refractivity (Wildman–Crippen MR) is 116 cm³/mol. The zero-order chi connectivity index (χ0) is 23.7. The van der Waals surface area contributed by atoms with Crippen LogP contribution in [0.5, 0.6) is 11.5 Å². The maximum atomic E-state index is 14.9. The minimum atomic E-state index is -3.07. The Balaban J connectivity index is 1.81. The number of amides is 1. The minimum absolute atomic E-state index is 0.000158. The van der Waals surface area contributed by atoms with Crippen LogP contribution >= 0.6 is 11.6 Å². The van der Waals surface area contributed by atoms with Crippen LogP contribution < -0.4 is 16.2 Å². The number of benzene rings is 2. The molecular weight excluding hydrogens is 459 g/mol. The second kappa shape index (κ2) is 8.83. The van der Waals surface area contributed by atoms with Gasteiger partial charge in [0.1, 0.15) is 22.2 Å². The largest absolute Gasteiger partial charge is 0.453 e. The van der Waals surface area contributed by atoms with E-state index < -0.39 is 29.4 Å². The fraction of sp³-hybridized carbons (Fsp3) is 0.0455. The number of pyridine rings is 1. The summed E-state index contributed by atoms with van der Waals surface area (Å²) in [7, 11) is 0. The molecule has 11 heteroatoms. The van der Waals surface area contributed by atoms with Gasteiger partial charge in [0.05, 0.1) is 11.3 Å². The lowest BCUT2D eigenvalue weighted by Crippen LogP contribution is -2.15. The summed E-state index contributed by atoms with van der Waals surface area (Å²) in [4.78, 5) is 15.9. The summed E-state index contributed by atoms with van der Waals surface area (Å²) in [5.74, 6) is -2.13. The second-order valence-electron chi connectivity index (χ2n) is 6.78. The Morgan fingerprint density at radius 2 is 1.82 bits per heavy atom. The predicted octanol–water partition coefficient (Wildman–Crippen LogP) is 5.14. The topological polar surface area (TPSA) is 109 Å². The van der Waals surface area contributed by atoms with Gasteiger partial charge in [0.15, 0.2) is 17.3 Å². The number of hydrogen-bond acceptors (Lipinski definition) is 5. The number of rotatable bonds is 6. The molecule has 4 rings (SSSR count). The first-order valence-electron chi connectivity index (χ1n) is 9.42. The maximum absolute atomic E-state index is 14.9. The van der Waals surface area contributed by atoms with E-state index >= 15 is 0 Å². The number of ether oxygens (including phenoxy) is 1. The molecule has 4 aromatic rings. The number of anilines is 1. The summed E-state index contributed by atoms with van der Waals surface area (Å²) in [6, 6.07) is 13.0. The Labute approximate surface area is 190 Å². The lowest BCUT2D eigenvalue weighted by Gasteiger charge is -2.10. The van der Waals surface area contributed by atoms with Crippen molar-refractivity contribution in [3.05, 3.63) is 82.9 Å². The summed E-state index contributed by atoms with van der Waals surface area (Å²) < 4.78 is 49.1. The highest BCUT2D eigenvalue weighted by Crippen LogP contribution is 2.37. The van der Waals surface area contributed by atoms with Crippen molar-refractivity contribution < 1.29 is 22.7 Å². The number of nitrogens with zero attached hydrogens (tertiary/aromatic N) is 3. The third-order valence-electron chi connectivity index (χ3n) is 4.68. The number of alkyl halides is 2. The van der Waals surface area contributed by atoms with E-state index in [-0.39, 0.29) is 39.3 Å². The molecule has 0 aliphatic heterocycles. The van der Waals surface area contributed by atoms with Crippen molar-refractivity contribution in [2.75, 3.05) is 5.73 Å². The Morgan fingerprint density at radius 1 is 1.09 bits per heavy atom. The first-order valence-corrected chi connectivity index (χ1v) is 9.79. The van der Waals surface area contributed by atoms with Crippen LogP contribution in [0.1, 0.15) is 22.5 Å². The Morgan fingerprint density at radius 3 is 2.45 bits per heavy atom. The van der Waals surface area contributed by atoms with E-state index in [4.69, 9.17) is 27.8 Å². The highest BCUT2D eigenvalue weighted by Gasteiger charge is 2.30. The number of primary amides is 1. The molecule has 7 nitrogen and oxygen atoms in total. The third-order valence-corrected chi connectivity index (χ3v) is 5.06. The molecule has 0 saturated carbocycles. The number of nitrogens with two attached hydrogens (primary N) is 2. The maximum Gasteiger partial charge on any atom is 0.281 e. The van der Waals surface area contributed by atoms with Crippen LogP contribution in [0.2, 0.25) is 5.02 Å². The first kappa shape index (κ1) is 22.2. The molecular formula is C22H15ClF3N5O2. The molecule has 2 aromatic carbocycles. The molecule has 0 bridgehead atoms. The molecule has 0 unspecified atom stereocenters. The van der Waals surface area contributed by atoms with Crippen molar-refractivity contribution in [3.8, 4) is 28.4 Å². The van der Waals surface area contributed by atoms with Gasteiger partial charge in [-0.2, -0.15) is 5.10 Å². The molecule has 33 heavy (non-hydrogen) atoms. The number of carbonyl (C=O) groups excluding carboxylic acids is 1. The smallest absolute Gasteiger partial charge is 0.281 e. The van der Waals surface area contributed by atoms with Crippen molar-refractivity contribution in [3.63, 3.8) is 0 Å². The zero-order valence-corrected chi connectivity index (χ0v) is 17.4. The van der Waals surface area contributed by atoms with Gasteiger partial charge in [0.25, 0.3) is 12.3 Å². The molecule has 0 spiro atoms. The van der Waals surface area contributed by atoms with Gasteiger partial charge in [-0.1, -0.05) is 29.8 Å². The normalized spacial score (nSPS) is 11.1. The van der Waals surface area contributed by atoms with Crippen molar-refractivity contribution >= 4 is 23.3 Å². The van der Waals surface area contributed by atoms with E-state index in [1.807, 2.05) is 0 Å². The van der Waals surface area contributed by atoms with E-state index in [1.54, 1.807) is 18.2 Å². The van der Waals surface area contributed by atoms with Gasteiger partial charge in [-0.15, -0.1) is 0 Å². The number of aromatic nitrogens is 3. The van der Waals surface area contributed by atoms with Crippen molar-refractivity contribution in [1.82, 2.24) is 14.8 Å². The molecule has 1 amide bonds. The van der Waals surface area contributed by atoms with E-state index in [9.17, 15) is 18.0 Å². The number of halogens is 4. The Bertz CT molecular complexity index is 1350. The highest BCUT2D eigenvalue weighted by atomic mass is 35.5. The summed E-state index contributed by atoms with van der Waals surface area (Å²) in [5, 5.41) is 4.16. The highest BCUT2D eigenvalue weighted by molar-refractivity contribution is 6.34. The fourth-order valence-corrected chi connectivity index (χ4v) is 3.36. The molecule has 168 valence electrons. The van der Waals surface area contributed by atoms with Crippen LogP contribution in [0, 0.1) is 5.82 Å². The number of hydrogen-bond donors (Lipinski definition) is 2. The van der Waals surface area contributed by atoms with Gasteiger partial charge in [0, 0.05) is 17.8 Å². The molecule has 0 radical (unpaired) electrons. The molecule has 0 aliphatic rings. The molecule has 0 aliphatic carbocycles. The van der Waals surface area contributed by atoms with Crippen molar-refractivity contribution in [2.24, 2.45) is 5.73 Å². The van der Waals surface area contributed by atoms with Crippen LogP contribution in [0.25, 0.3) is 16.9 Å². The van der Waals surface area contributed by atoms with E-state index in [2.05, 4.69) is 10.1 Å². The molecule has 4 N–H and O–H groups in total. The molecule has 2 aromatic heterocycles. The van der Waals surface area contributed by atoms with Crippen LogP contribution in [-0.4, -0.2) is 20.7 Å². The van der Waals surface area contributed by atoms with Crippen LogP contribution in [0.4, 0.5) is 19.0 Å². The Hall–Kier alpha value is -4.05. The van der Waals surface area contributed by atoms with Crippen LogP contribution in [0.3, 0.4) is 0 Å². The van der Waals surface area contributed by atoms with Gasteiger partial charge in [0.2, 0.25) is 0 Å². The monoisotopic (exact) mass is 473 g/mol. The number of nitrogen functional groups attached to an aromatic ring is 1. The molecule has 0 atom stereocenters. The standard InChI is InChI=1S/C22H15ClF3N5O2/c23-17-15(8-9-29-21(17)27)33-14-7-6-11(10-13(14)24)18-16(22(28)32)19(20(25)26)31(30-18)12-4-2-1-3-5-12/h1-10,20H,(H2,27,29)(H2,28,32). The average Bonchev–Trinajstić information content (AvgIpc) is 3.20. The van der Waals surface area contributed by atoms with E-state index in [1.165, 1.54) is 36.5 Å². The fourth-order valence-electron chi connectivity index (χ4n) is 3.21. The minimum Gasteiger partial charge on any atom is -0.453 e. The summed E-state index contributed by atoms with van der Waals surface area (Å²) >= 11 is 6.02. The van der Waals surface area contributed by atoms with Gasteiger partial charge in [-0.3, -0.25) is 4.79 Å². The summed E-state index contributed by atoms with van der Waals surface area (Å²) in [6.07, 6.45) is -1.73. The number of carbonyl (C=O) groups is 1. The van der Waals surface area contributed by atoms with Crippen molar-refractivity contribution in [2.45, 2.75) is 6.43 Å². The van der Waals surface area contributed by atoms with Crippen LogP contribution in [-0.2, 0) is 0 Å². The second-order valence-corrected chi connectivity index (χ2v) is 7.15. The number of para-hydroxylation sites is 1. The molecule has 0 saturated heterocycles. The average molecular weight is 474 g/mol. The van der Waals surface area contributed by atoms with Gasteiger partial charge < -0.3 is 16.2 Å². The van der Waals surface area contributed by atoms with E-state index in [0.717, 1.165) is 10.7 Å². The summed E-state index contributed by atoms with van der Waals surface area (Å²) in [6.45, 7) is 0. The SMILES string of the molecule is NC(=O)c1c(-c2ccc(Oc3ccnc(N)c3Cl)c(F)c2)nn(-c2ccccc2)c1C(F)F. The quantitative estimate of drug-likeness (QED) is 0.403. The van der Waals surface area contributed by atoms with Gasteiger partial charge in [-0.25, -0.2) is 22.8 Å². The van der Waals surface area contributed by atoms with Crippen LogP contribution in [0.15, 0.2) is 60.8 Å². The first-order chi connectivity index (χ1) is 15.8. The van der Waals surface area contributed by atoms with E-state index in [0.29, 0.717) is 0 Å². The summed E-state index contributed by atoms with van der Waals surface area (Å²) in [5.41, 5.74) is 9.96. The lowest BCUT2D eigenvalue weighted by molar-refractivity contribution is 0.0984. The zero-order valence-electron chi connectivity index (χ0n) is 16.7. The third kappa shape index (κ3) is 4.20. The van der Waals surface area contributed by atoms with Gasteiger partial charge in [-0.05, 0) is 30.3 Å². The van der Waals surface area contributed by atoms with Gasteiger partial charge >= 0.3 is 0 Å².